The molecule has 0 saturated carbocycles. The van der Waals surface area contributed by atoms with Crippen molar-refractivity contribution in [3.63, 3.8) is 0 Å². The quantitative estimate of drug-likeness (QED) is 0.702. The van der Waals surface area contributed by atoms with Gasteiger partial charge in [-0.2, -0.15) is 0 Å². The van der Waals surface area contributed by atoms with Crippen LogP contribution in [0.1, 0.15) is 46.8 Å². The van der Waals surface area contributed by atoms with Crippen molar-refractivity contribution < 1.29 is 9.53 Å². The Balaban J connectivity index is 1.67. The smallest absolute Gasteiger partial charge is 0.261 e. The summed E-state index contributed by atoms with van der Waals surface area (Å²) in [7, 11) is 0. The first-order valence-electron chi connectivity index (χ1n) is 8.42. The number of thiazole rings is 1. The van der Waals surface area contributed by atoms with E-state index in [1.807, 2.05) is 32.0 Å². The maximum absolute atomic E-state index is 12.8. The van der Waals surface area contributed by atoms with Crippen molar-refractivity contribution in [2.45, 2.75) is 39.7 Å². The number of rotatable bonds is 2. The molecule has 1 aliphatic heterocycles. The van der Waals surface area contributed by atoms with Crippen LogP contribution in [-0.2, 0) is 0 Å². The van der Waals surface area contributed by atoms with E-state index in [2.05, 4.69) is 36.3 Å². The Hall–Kier alpha value is -2.40. The minimum Gasteiger partial charge on any atom is -0.489 e. The molecule has 2 aromatic carbocycles. The Morgan fingerprint density at radius 2 is 2.04 bits per heavy atom. The minimum atomic E-state index is -0.174. The summed E-state index contributed by atoms with van der Waals surface area (Å²) in [5.74, 6) is 0.815. The fourth-order valence-electron chi connectivity index (χ4n) is 3.35. The first kappa shape index (κ1) is 16.1. The molecule has 4 rings (SSSR count). The lowest BCUT2D eigenvalue weighted by molar-refractivity contribution is 0.102. The summed E-state index contributed by atoms with van der Waals surface area (Å²) in [6.07, 6.45) is 0.0806. The molecule has 0 saturated heterocycles. The zero-order chi connectivity index (χ0) is 17.7. The molecule has 1 aliphatic rings. The van der Waals surface area contributed by atoms with Crippen molar-refractivity contribution in [3.8, 4) is 5.75 Å². The number of amides is 1. The molecule has 0 fully saturated rings. The lowest BCUT2D eigenvalue weighted by Gasteiger charge is -2.09. The van der Waals surface area contributed by atoms with Gasteiger partial charge in [-0.15, -0.1) is 0 Å². The number of aryl methyl sites for hydroxylation is 2. The number of ether oxygens (including phenoxy) is 1. The van der Waals surface area contributed by atoms with Crippen LogP contribution in [-0.4, -0.2) is 17.0 Å². The summed E-state index contributed by atoms with van der Waals surface area (Å²) in [6.45, 7) is 8.26. The van der Waals surface area contributed by atoms with Gasteiger partial charge in [0, 0.05) is 11.5 Å². The van der Waals surface area contributed by atoms with E-state index in [9.17, 15) is 4.79 Å². The second-order valence-electron chi connectivity index (χ2n) is 6.74. The first-order chi connectivity index (χ1) is 11.9. The monoisotopic (exact) mass is 352 g/mol. The molecule has 2 atom stereocenters. The van der Waals surface area contributed by atoms with Crippen LogP contribution in [0.15, 0.2) is 30.3 Å². The maximum atomic E-state index is 12.8. The Kier molecular flexibility index (Phi) is 3.76. The van der Waals surface area contributed by atoms with Crippen molar-refractivity contribution in [2.75, 3.05) is 5.32 Å². The van der Waals surface area contributed by atoms with E-state index in [1.165, 1.54) is 16.9 Å². The van der Waals surface area contributed by atoms with Crippen molar-refractivity contribution >= 4 is 32.6 Å². The third-order valence-corrected chi connectivity index (χ3v) is 5.76. The first-order valence-corrected chi connectivity index (χ1v) is 9.24. The van der Waals surface area contributed by atoms with Gasteiger partial charge in [-0.05, 0) is 44.0 Å². The molecular weight excluding hydrogens is 332 g/mol. The van der Waals surface area contributed by atoms with Gasteiger partial charge < -0.3 is 4.74 Å². The van der Waals surface area contributed by atoms with Crippen LogP contribution in [0.5, 0.6) is 5.75 Å². The summed E-state index contributed by atoms with van der Waals surface area (Å²) < 4.78 is 7.01. The van der Waals surface area contributed by atoms with E-state index in [0.29, 0.717) is 16.4 Å². The van der Waals surface area contributed by atoms with Crippen LogP contribution in [0.3, 0.4) is 0 Å². The van der Waals surface area contributed by atoms with Crippen molar-refractivity contribution in [2.24, 2.45) is 0 Å². The number of para-hydroxylation sites is 1. The molecule has 1 amide bonds. The highest BCUT2D eigenvalue weighted by Crippen LogP contribution is 2.40. The van der Waals surface area contributed by atoms with Crippen LogP contribution >= 0.6 is 11.3 Å². The number of nitrogens with one attached hydrogen (secondary N) is 1. The summed E-state index contributed by atoms with van der Waals surface area (Å²) in [4.78, 5) is 17.4. The van der Waals surface area contributed by atoms with Crippen LogP contribution < -0.4 is 10.1 Å². The molecule has 0 aliphatic carbocycles. The fourth-order valence-corrected chi connectivity index (χ4v) is 4.39. The van der Waals surface area contributed by atoms with Gasteiger partial charge in [0.1, 0.15) is 11.9 Å². The number of benzene rings is 2. The molecule has 128 valence electrons. The summed E-state index contributed by atoms with van der Waals surface area (Å²) in [5.41, 5.74) is 4.93. The topological polar surface area (TPSA) is 51.2 Å². The van der Waals surface area contributed by atoms with Gasteiger partial charge in [-0.1, -0.05) is 36.5 Å². The van der Waals surface area contributed by atoms with E-state index in [1.54, 1.807) is 0 Å². The molecule has 1 aromatic heterocycles. The van der Waals surface area contributed by atoms with Gasteiger partial charge >= 0.3 is 0 Å². The van der Waals surface area contributed by atoms with Gasteiger partial charge in [-0.3, -0.25) is 10.1 Å². The van der Waals surface area contributed by atoms with Gasteiger partial charge in [0.2, 0.25) is 0 Å². The second kappa shape index (κ2) is 5.85. The Labute approximate surface area is 150 Å². The second-order valence-corrected chi connectivity index (χ2v) is 7.77. The largest absolute Gasteiger partial charge is 0.489 e. The number of nitrogens with zero attached hydrogens (tertiary/aromatic N) is 1. The van der Waals surface area contributed by atoms with Crippen LogP contribution in [0.2, 0.25) is 0 Å². The Bertz CT molecular complexity index is 993. The molecule has 25 heavy (non-hydrogen) atoms. The van der Waals surface area contributed by atoms with Crippen molar-refractivity contribution in [1.29, 1.82) is 0 Å². The fraction of sp³-hybridized carbons (Fsp3) is 0.300. The molecule has 0 spiro atoms. The average Bonchev–Trinajstić information content (AvgIpc) is 3.08. The number of hydrogen-bond donors (Lipinski definition) is 1. The van der Waals surface area contributed by atoms with Crippen LogP contribution in [0.25, 0.3) is 10.2 Å². The molecule has 2 heterocycles. The Morgan fingerprint density at radius 1 is 1.24 bits per heavy atom. The van der Waals surface area contributed by atoms with Crippen LogP contribution in [0, 0.1) is 13.8 Å². The number of carbonyl (C=O) groups is 1. The minimum absolute atomic E-state index is 0.0806. The van der Waals surface area contributed by atoms with Gasteiger partial charge in [0.25, 0.3) is 5.91 Å². The van der Waals surface area contributed by atoms with Crippen molar-refractivity contribution in [1.82, 2.24) is 4.98 Å². The highest BCUT2D eigenvalue weighted by atomic mass is 32.1. The van der Waals surface area contributed by atoms with E-state index in [0.717, 1.165) is 21.3 Å². The van der Waals surface area contributed by atoms with E-state index < -0.39 is 0 Å². The maximum Gasteiger partial charge on any atom is 0.261 e. The molecule has 0 bridgehead atoms. The van der Waals surface area contributed by atoms with Crippen LogP contribution in [0.4, 0.5) is 5.13 Å². The number of anilines is 1. The predicted molar refractivity (Wildman–Crippen MR) is 102 cm³/mol. The molecule has 5 heteroatoms. The van der Waals surface area contributed by atoms with Gasteiger partial charge in [0.05, 0.1) is 15.8 Å². The van der Waals surface area contributed by atoms with E-state index in [-0.39, 0.29) is 17.9 Å². The van der Waals surface area contributed by atoms with Gasteiger partial charge in [-0.25, -0.2) is 4.98 Å². The number of carbonyl (C=O) groups excluding carboxylic acids is 1. The molecule has 0 radical (unpaired) electrons. The van der Waals surface area contributed by atoms with E-state index in [4.69, 9.17) is 4.74 Å². The van der Waals surface area contributed by atoms with E-state index >= 15 is 0 Å². The van der Waals surface area contributed by atoms with Crippen molar-refractivity contribution in [3.05, 3.63) is 52.6 Å². The molecule has 1 N–H and O–H groups in total. The highest BCUT2D eigenvalue weighted by molar-refractivity contribution is 7.22. The molecule has 2 unspecified atom stereocenters. The molecule has 3 aromatic rings. The summed E-state index contributed by atoms with van der Waals surface area (Å²) in [6, 6.07) is 9.96. The zero-order valence-corrected chi connectivity index (χ0v) is 15.5. The number of aromatic nitrogens is 1. The third-order valence-electron chi connectivity index (χ3n) is 4.84. The average molecular weight is 352 g/mol. The lowest BCUT2D eigenvalue weighted by Crippen LogP contribution is -2.14. The number of hydrogen-bond acceptors (Lipinski definition) is 4. The highest BCUT2D eigenvalue weighted by Gasteiger charge is 2.31. The molecular formula is C20H20N2O2S. The summed E-state index contributed by atoms with van der Waals surface area (Å²) in [5, 5.41) is 3.56. The summed E-state index contributed by atoms with van der Waals surface area (Å²) >= 11 is 1.50. The zero-order valence-electron chi connectivity index (χ0n) is 14.7. The molecule has 4 nitrogen and oxygen atoms in total. The predicted octanol–water partition coefficient (Wildman–Crippen LogP) is 5.05. The normalized spacial score (nSPS) is 18.9. The standard InChI is InChI=1S/C20H20N2O2S/c1-10-8-11(2)17-16(9-10)25-20(21-17)22-19(23)15-7-5-6-14-12(3)13(4)24-18(14)15/h5-9,12-13H,1-4H3,(H,21,22,23). The Morgan fingerprint density at radius 3 is 2.84 bits per heavy atom. The SMILES string of the molecule is Cc1cc(C)c2nc(NC(=O)c3cccc4c3OC(C)C4C)sc2c1. The van der Waals surface area contributed by atoms with Gasteiger partial charge in [0.15, 0.2) is 5.13 Å². The number of fused-ring (bicyclic) bond motifs is 2. The third kappa shape index (κ3) is 2.68. The lowest BCUT2D eigenvalue weighted by atomic mass is 9.97.